The lowest BCUT2D eigenvalue weighted by Gasteiger charge is -2.32. The molecule has 9 heteroatoms. The minimum Gasteiger partial charge on any atom is -0.342 e. The van der Waals surface area contributed by atoms with Crippen molar-refractivity contribution in [3.63, 3.8) is 0 Å². The van der Waals surface area contributed by atoms with E-state index in [0.29, 0.717) is 19.4 Å². The first-order chi connectivity index (χ1) is 11.8. The fourth-order valence-corrected chi connectivity index (χ4v) is 4.21. The lowest BCUT2D eigenvalue weighted by Crippen LogP contribution is -2.47. The fraction of sp³-hybridized carbons (Fsp3) is 0.500. The van der Waals surface area contributed by atoms with Crippen LogP contribution in [0.5, 0.6) is 0 Å². The van der Waals surface area contributed by atoms with Gasteiger partial charge in [0.1, 0.15) is 10.7 Å². The van der Waals surface area contributed by atoms with Gasteiger partial charge in [0.05, 0.1) is 5.92 Å². The Morgan fingerprint density at radius 3 is 2.56 bits per heavy atom. The number of nitrogens with zero attached hydrogens (tertiary/aromatic N) is 1. The Hall–Kier alpha value is -1.67. The summed E-state index contributed by atoms with van der Waals surface area (Å²) in [6.07, 6.45) is 2.86. The maximum absolute atomic E-state index is 13.8. The van der Waals surface area contributed by atoms with Crippen molar-refractivity contribution in [1.82, 2.24) is 9.62 Å². The van der Waals surface area contributed by atoms with Crippen LogP contribution >= 0.6 is 11.6 Å². The van der Waals surface area contributed by atoms with E-state index < -0.39 is 32.6 Å². The number of carbonyl (C=O) groups excluding carboxylic acids is 2. The number of amides is 2. The number of halogens is 2. The van der Waals surface area contributed by atoms with Crippen LogP contribution in [0.25, 0.3) is 0 Å². The first-order valence-electron chi connectivity index (χ1n) is 8.08. The third-order valence-electron chi connectivity index (χ3n) is 4.45. The lowest BCUT2D eigenvalue weighted by atomic mass is 9.97. The Kier molecular flexibility index (Phi) is 5.02. The topological polar surface area (TPSA) is 83.6 Å². The fourth-order valence-electron chi connectivity index (χ4n) is 2.94. The summed E-state index contributed by atoms with van der Waals surface area (Å²) >= 11 is 5.61. The van der Waals surface area contributed by atoms with Gasteiger partial charge < -0.3 is 4.90 Å². The highest BCUT2D eigenvalue weighted by atomic mass is 35.5. The summed E-state index contributed by atoms with van der Waals surface area (Å²) in [5.41, 5.74) is 0. The predicted octanol–water partition coefficient (Wildman–Crippen LogP) is 1.93. The van der Waals surface area contributed by atoms with Crippen molar-refractivity contribution in [2.45, 2.75) is 30.6 Å². The maximum atomic E-state index is 13.8. The van der Waals surface area contributed by atoms with Crippen LogP contribution in [0.15, 0.2) is 23.1 Å². The van der Waals surface area contributed by atoms with E-state index in [9.17, 15) is 22.4 Å². The Bertz CT molecular complexity index is 810. The molecule has 1 saturated carbocycles. The smallest absolute Gasteiger partial charge is 0.266 e. The third kappa shape index (κ3) is 4.12. The molecule has 2 amide bonds. The SMILES string of the molecule is O=C(NS(=O)(=O)c1ccc(Cl)cc1F)C1CCCN(C(=O)C2CC2)C1. The first-order valence-corrected chi connectivity index (χ1v) is 9.94. The van der Waals surface area contributed by atoms with Crippen LogP contribution in [-0.4, -0.2) is 38.2 Å². The van der Waals surface area contributed by atoms with Gasteiger partial charge in [-0.25, -0.2) is 17.5 Å². The molecule has 1 unspecified atom stereocenters. The minimum atomic E-state index is -4.33. The molecule has 0 bridgehead atoms. The van der Waals surface area contributed by atoms with Crippen molar-refractivity contribution in [3.8, 4) is 0 Å². The van der Waals surface area contributed by atoms with Crippen LogP contribution in [0.1, 0.15) is 25.7 Å². The van der Waals surface area contributed by atoms with E-state index in [1.54, 1.807) is 4.90 Å². The summed E-state index contributed by atoms with van der Waals surface area (Å²) in [4.78, 5) is 25.5. The quantitative estimate of drug-likeness (QED) is 0.854. The molecule has 1 atom stereocenters. The van der Waals surface area contributed by atoms with Crippen molar-refractivity contribution in [2.75, 3.05) is 13.1 Å². The molecule has 1 saturated heterocycles. The van der Waals surface area contributed by atoms with Crippen LogP contribution in [0, 0.1) is 17.7 Å². The van der Waals surface area contributed by atoms with Crippen LogP contribution in [0.4, 0.5) is 4.39 Å². The van der Waals surface area contributed by atoms with E-state index in [1.165, 1.54) is 6.07 Å². The largest absolute Gasteiger partial charge is 0.342 e. The summed E-state index contributed by atoms with van der Waals surface area (Å²) in [7, 11) is -4.33. The van der Waals surface area contributed by atoms with Crippen molar-refractivity contribution < 1.29 is 22.4 Å². The molecule has 2 aliphatic rings. The van der Waals surface area contributed by atoms with Gasteiger partial charge in [-0.1, -0.05) is 11.6 Å². The maximum Gasteiger partial charge on any atom is 0.266 e. The average molecular weight is 389 g/mol. The predicted molar refractivity (Wildman–Crippen MR) is 88.8 cm³/mol. The molecule has 2 fully saturated rings. The van der Waals surface area contributed by atoms with Gasteiger partial charge in [0.15, 0.2) is 0 Å². The normalized spacial score (nSPS) is 21.0. The van der Waals surface area contributed by atoms with Crippen LogP contribution in [0.3, 0.4) is 0 Å². The van der Waals surface area contributed by atoms with Gasteiger partial charge in [-0.15, -0.1) is 0 Å². The number of hydrogen-bond acceptors (Lipinski definition) is 4. The first kappa shape index (κ1) is 18.1. The lowest BCUT2D eigenvalue weighted by molar-refractivity contribution is -0.136. The molecule has 0 spiro atoms. The molecule has 0 aromatic heterocycles. The standard InChI is InChI=1S/C16H18ClFN2O4S/c17-12-5-6-14(13(18)8-12)25(23,24)19-15(21)11-2-1-7-20(9-11)16(22)10-3-4-10/h5-6,8,10-11H,1-4,7,9H2,(H,19,21). The molecule has 1 aliphatic heterocycles. The Balaban J connectivity index is 1.69. The third-order valence-corrected chi connectivity index (χ3v) is 6.06. The second kappa shape index (κ2) is 6.92. The summed E-state index contributed by atoms with van der Waals surface area (Å²) in [6, 6.07) is 3.12. The van der Waals surface area contributed by atoms with E-state index in [0.717, 1.165) is 25.0 Å². The molecule has 3 rings (SSSR count). The highest BCUT2D eigenvalue weighted by Gasteiger charge is 2.37. The van der Waals surface area contributed by atoms with E-state index in [4.69, 9.17) is 11.6 Å². The molecule has 6 nitrogen and oxygen atoms in total. The molecule has 1 N–H and O–H groups in total. The molecule has 1 aromatic carbocycles. The Morgan fingerprint density at radius 2 is 1.92 bits per heavy atom. The van der Waals surface area contributed by atoms with Crippen molar-refractivity contribution in [2.24, 2.45) is 11.8 Å². The van der Waals surface area contributed by atoms with Crippen molar-refractivity contribution >= 4 is 33.4 Å². The van der Waals surface area contributed by atoms with Gasteiger partial charge in [0.2, 0.25) is 11.8 Å². The van der Waals surface area contributed by atoms with Gasteiger partial charge in [-0.3, -0.25) is 9.59 Å². The number of likely N-dealkylation sites (tertiary alicyclic amines) is 1. The number of carbonyl (C=O) groups is 2. The van der Waals surface area contributed by atoms with Crippen LogP contribution in [-0.2, 0) is 19.6 Å². The second-order valence-corrected chi connectivity index (χ2v) is 8.53. The molecular formula is C16H18ClFN2O4S. The van der Waals surface area contributed by atoms with E-state index in [2.05, 4.69) is 0 Å². The van der Waals surface area contributed by atoms with Crippen molar-refractivity contribution in [3.05, 3.63) is 29.0 Å². The van der Waals surface area contributed by atoms with Gasteiger partial charge in [0.25, 0.3) is 10.0 Å². The zero-order valence-corrected chi connectivity index (χ0v) is 14.9. The van der Waals surface area contributed by atoms with Gasteiger partial charge in [0, 0.05) is 24.0 Å². The number of benzene rings is 1. The average Bonchev–Trinajstić information content (AvgIpc) is 3.38. The van der Waals surface area contributed by atoms with E-state index >= 15 is 0 Å². The van der Waals surface area contributed by atoms with Gasteiger partial charge in [-0.05, 0) is 43.9 Å². The number of piperidine rings is 1. The number of sulfonamides is 1. The van der Waals surface area contributed by atoms with Crippen LogP contribution < -0.4 is 4.72 Å². The summed E-state index contributed by atoms with van der Waals surface area (Å²) < 4.78 is 40.3. The van der Waals surface area contributed by atoms with E-state index in [1.807, 2.05) is 4.72 Å². The number of rotatable bonds is 4. The van der Waals surface area contributed by atoms with Gasteiger partial charge in [-0.2, -0.15) is 0 Å². The number of hydrogen-bond donors (Lipinski definition) is 1. The summed E-state index contributed by atoms with van der Waals surface area (Å²) in [5.74, 6) is -2.29. The molecule has 1 aliphatic carbocycles. The monoisotopic (exact) mass is 388 g/mol. The summed E-state index contributed by atoms with van der Waals surface area (Å²) in [6.45, 7) is 0.775. The molecule has 1 aromatic rings. The highest BCUT2D eigenvalue weighted by molar-refractivity contribution is 7.90. The van der Waals surface area contributed by atoms with Crippen LogP contribution in [0.2, 0.25) is 5.02 Å². The van der Waals surface area contributed by atoms with Gasteiger partial charge >= 0.3 is 0 Å². The Morgan fingerprint density at radius 1 is 1.20 bits per heavy atom. The number of nitrogens with one attached hydrogen (secondary N) is 1. The zero-order chi connectivity index (χ0) is 18.2. The molecule has 25 heavy (non-hydrogen) atoms. The molecule has 1 heterocycles. The summed E-state index contributed by atoms with van der Waals surface area (Å²) in [5, 5.41) is 0.0595. The van der Waals surface area contributed by atoms with E-state index in [-0.39, 0.29) is 23.4 Å². The Labute approximate surface area is 150 Å². The second-order valence-electron chi connectivity index (χ2n) is 6.44. The zero-order valence-electron chi connectivity index (χ0n) is 13.4. The highest BCUT2D eigenvalue weighted by Crippen LogP contribution is 2.32. The molecule has 0 radical (unpaired) electrons. The molecule has 136 valence electrons. The van der Waals surface area contributed by atoms with Crippen molar-refractivity contribution in [1.29, 1.82) is 0 Å². The molecular weight excluding hydrogens is 371 g/mol. The minimum absolute atomic E-state index is 0.0316.